The van der Waals surface area contributed by atoms with Crippen molar-refractivity contribution in [3.8, 4) is 0 Å². The van der Waals surface area contributed by atoms with Gasteiger partial charge >= 0.3 is 15.4 Å². The van der Waals surface area contributed by atoms with E-state index in [-0.39, 0.29) is 28.7 Å². The van der Waals surface area contributed by atoms with Gasteiger partial charge < -0.3 is 0 Å². The van der Waals surface area contributed by atoms with Gasteiger partial charge in [-0.3, -0.25) is 9.59 Å². The summed E-state index contributed by atoms with van der Waals surface area (Å²) in [6.45, 7) is 0. The molecule has 0 aromatic heterocycles. The molecule has 0 N–H and O–H groups in total. The highest BCUT2D eigenvalue weighted by molar-refractivity contribution is 7.87. The van der Waals surface area contributed by atoms with Gasteiger partial charge in [0.2, 0.25) is 0 Å². The zero-order chi connectivity index (χ0) is 19.1. The minimum Gasteiger partial charge on any atom is -0.272 e. The first kappa shape index (κ1) is 17.7. The first-order valence-electron chi connectivity index (χ1n) is 9.56. The number of amides is 2. The minimum atomic E-state index is -5.43. The number of halogens is 2. The van der Waals surface area contributed by atoms with Crippen LogP contribution in [0.3, 0.4) is 0 Å². The highest BCUT2D eigenvalue weighted by atomic mass is 32.2. The molecule has 4 aliphatic carbocycles. The van der Waals surface area contributed by atoms with Crippen LogP contribution in [0.5, 0.6) is 0 Å². The Kier molecular flexibility index (Phi) is 3.67. The molecule has 1 heterocycles. The molecule has 148 valence electrons. The minimum absolute atomic E-state index is 0.0888. The molecule has 0 spiro atoms. The fourth-order valence-electron chi connectivity index (χ4n) is 6.13. The molecule has 6 nitrogen and oxygen atoms in total. The smallest absolute Gasteiger partial charge is 0.272 e. The topological polar surface area (TPSA) is 80.8 Å². The zero-order valence-corrected chi connectivity index (χ0v) is 15.4. The Morgan fingerprint density at radius 1 is 1.04 bits per heavy atom. The Morgan fingerprint density at radius 3 is 2.19 bits per heavy atom. The largest absolute Gasteiger partial charge is 0.372 e. The molecule has 9 heteroatoms. The van der Waals surface area contributed by atoms with Crippen LogP contribution in [0, 0.1) is 41.4 Å². The molecule has 2 amide bonds. The number of alkyl halides is 2. The molecule has 4 fully saturated rings. The zero-order valence-electron chi connectivity index (χ0n) is 14.6. The quantitative estimate of drug-likeness (QED) is 0.522. The van der Waals surface area contributed by atoms with Crippen LogP contribution in [0.25, 0.3) is 0 Å². The Bertz CT molecular complexity index is 811. The normalized spacial score (nSPS) is 42.6. The van der Waals surface area contributed by atoms with Gasteiger partial charge in [-0.25, -0.2) is 0 Å². The number of nitrogens with zero attached hydrogens (tertiary/aromatic N) is 1. The summed E-state index contributed by atoms with van der Waals surface area (Å²) in [6.07, 6.45) is 6.87. The lowest BCUT2D eigenvalue weighted by Gasteiger charge is -2.26. The monoisotopic (exact) mass is 401 g/mol. The highest BCUT2D eigenvalue weighted by Gasteiger charge is 2.62. The predicted molar refractivity (Wildman–Crippen MR) is 88.1 cm³/mol. The summed E-state index contributed by atoms with van der Waals surface area (Å²) in [5, 5.41) is -4.04. The van der Waals surface area contributed by atoms with Crippen LogP contribution < -0.4 is 0 Å². The van der Waals surface area contributed by atoms with Gasteiger partial charge in [0.25, 0.3) is 11.8 Å². The third-order valence-corrected chi connectivity index (χ3v) is 8.60. The molecular weight excluding hydrogens is 380 g/mol. The lowest BCUT2D eigenvalue weighted by molar-refractivity contribution is -0.168. The van der Waals surface area contributed by atoms with Crippen molar-refractivity contribution in [3.63, 3.8) is 0 Å². The van der Waals surface area contributed by atoms with Crippen LogP contribution in [0.15, 0.2) is 12.2 Å². The molecule has 3 saturated carbocycles. The molecule has 0 radical (unpaired) electrons. The van der Waals surface area contributed by atoms with E-state index >= 15 is 0 Å². The summed E-state index contributed by atoms with van der Waals surface area (Å²) in [7, 11) is -5.43. The van der Waals surface area contributed by atoms with Crippen molar-refractivity contribution in [2.24, 2.45) is 41.4 Å². The van der Waals surface area contributed by atoms with Gasteiger partial charge in [-0.15, -0.1) is 9.35 Å². The van der Waals surface area contributed by atoms with Gasteiger partial charge in [0.1, 0.15) is 0 Å². The van der Waals surface area contributed by atoms with Gasteiger partial charge in [-0.05, 0) is 55.3 Å². The molecule has 7 unspecified atom stereocenters. The van der Waals surface area contributed by atoms with Gasteiger partial charge in [-0.1, -0.05) is 18.6 Å². The van der Waals surface area contributed by atoms with E-state index in [2.05, 4.69) is 4.28 Å². The van der Waals surface area contributed by atoms with E-state index in [0.29, 0.717) is 18.8 Å². The Labute approximate surface area is 156 Å². The van der Waals surface area contributed by atoms with E-state index in [0.717, 1.165) is 19.3 Å². The van der Waals surface area contributed by atoms with Crippen molar-refractivity contribution >= 4 is 21.9 Å². The van der Waals surface area contributed by atoms with Crippen LogP contribution >= 0.6 is 0 Å². The average Bonchev–Trinajstić information content (AvgIpc) is 3.38. The Hall–Kier alpha value is -1.35. The van der Waals surface area contributed by atoms with Crippen molar-refractivity contribution in [3.05, 3.63) is 12.2 Å². The number of rotatable bonds is 5. The van der Waals surface area contributed by atoms with Crippen molar-refractivity contribution < 1.29 is 31.1 Å². The van der Waals surface area contributed by atoms with Crippen molar-refractivity contribution in [2.75, 3.05) is 0 Å². The number of hydroxylamine groups is 2. The summed E-state index contributed by atoms with van der Waals surface area (Å²) in [5.41, 5.74) is 0. The summed E-state index contributed by atoms with van der Waals surface area (Å²) in [4.78, 5) is 25.0. The lowest BCUT2D eigenvalue weighted by atomic mass is 9.85. The van der Waals surface area contributed by atoms with Gasteiger partial charge in [0, 0.05) is 6.42 Å². The van der Waals surface area contributed by atoms with E-state index in [9.17, 15) is 26.8 Å². The number of hydrogen-bond acceptors (Lipinski definition) is 5. The fourth-order valence-corrected chi connectivity index (χ4v) is 7.01. The summed E-state index contributed by atoms with van der Waals surface area (Å²) >= 11 is 0. The second kappa shape index (κ2) is 5.59. The number of hydrogen-bond donors (Lipinski definition) is 0. The summed E-state index contributed by atoms with van der Waals surface area (Å²) in [6, 6.07) is 0. The van der Waals surface area contributed by atoms with Crippen molar-refractivity contribution in [1.82, 2.24) is 5.06 Å². The maximum absolute atomic E-state index is 14.6. The fraction of sp³-hybridized carbons (Fsp3) is 0.778. The van der Waals surface area contributed by atoms with Crippen LogP contribution in [-0.4, -0.2) is 30.5 Å². The SMILES string of the molecule is O=C1C2C3C=CC(C3)C2C(=O)N1OS(=O)(=O)C(F)(F)CC1CC2CCC1C2. The predicted octanol–water partition coefficient (Wildman–Crippen LogP) is 2.47. The molecule has 5 rings (SSSR count). The molecule has 0 aromatic carbocycles. The number of fused-ring (bicyclic) bond motifs is 7. The van der Waals surface area contributed by atoms with Crippen molar-refractivity contribution in [1.29, 1.82) is 0 Å². The van der Waals surface area contributed by atoms with E-state index in [1.165, 1.54) is 0 Å². The van der Waals surface area contributed by atoms with Gasteiger partial charge in [0.15, 0.2) is 0 Å². The number of carbonyl (C=O) groups excluding carboxylic acids is 2. The molecule has 4 bridgehead atoms. The second-order valence-corrected chi connectivity index (χ2v) is 10.4. The first-order valence-corrected chi connectivity index (χ1v) is 11.0. The van der Waals surface area contributed by atoms with Crippen LogP contribution in [0.4, 0.5) is 8.78 Å². The Morgan fingerprint density at radius 2 is 1.67 bits per heavy atom. The van der Waals surface area contributed by atoms with Crippen LogP contribution in [-0.2, 0) is 24.0 Å². The third kappa shape index (κ3) is 2.46. The Balaban J connectivity index is 1.32. The molecule has 1 aliphatic heterocycles. The van der Waals surface area contributed by atoms with E-state index < -0.39 is 45.4 Å². The molecule has 7 atom stereocenters. The molecule has 27 heavy (non-hydrogen) atoms. The number of imide groups is 1. The van der Waals surface area contributed by atoms with Crippen LogP contribution in [0.1, 0.15) is 38.5 Å². The number of allylic oxidation sites excluding steroid dienone is 2. The lowest BCUT2D eigenvalue weighted by Crippen LogP contribution is -2.42. The second-order valence-electron chi connectivity index (χ2n) is 8.78. The van der Waals surface area contributed by atoms with E-state index in [1.807, 2.05) is 12.2 Å². The summed E-state index contributed by atoms with van der Waals surface area (Å²) < 4.78 is 58.1. The third-order valence-electron chi connectivity index (χ3n) is 7.35. The van der Waals surface area contributed by atoms with Crippen molar-refractivity contribution in [2.45, 2.75) is 43.8 Å². The van der Waals surface area contributed by atoms with Crippen LogP contribution in [0.2, 0.25) is 0 Å². The molecule has 5 aliphatic rings. The maximum atomic E-state index is 14.6. The average molecular weight is 401 g/mol. The molecule has 1 saturated heterocycles. The standard InChI is InChI=1S/C18H21F2NO5S/c19-18(20,8-13-6-9-1-2-10(13)5-9)27(24,25)26-21-16(22)14-11-3-4-12(7-11)15(14)17(21)23/h3-4,9-15H,1-2,5-8H2. The maximum Gasteiger partial charge on any atom is 0.372 e. The molecular formula is C18H21F2NO5S. The van der Waals surface area contributed by atoms with Gasteiger partial charge in [-0.2, -0.15) is 17.2 Å². The summed E-state index contributed by atoms with van der Waals surface area (Å²) in [5.74, 6) is -3.15. The first-order chi connectivity index (χ1) is 12.7. The number of carbonyl (C=O) groups is 2. The van der Waals surface area contributed by atoms with Gasteiger partial charge in [0.05, 0.1) is 11.8 Å². The molecule has 0 aromatic rings. The van der Waals surface area contributed by atoms with E-state index in [1.54, 1.807) is 0 Å². The highest BCUT2D eigenvalue weighted by Crippen LogP contribution is 2.54. The van der Waals surface area contributed by atoms with E-state index in [4.69, 9.17) is 0 Å².